The van der Waals surface area contributed by atoms with Gasteiger partial charge in [0.25, 0.3) is 0 Å². The van der Waals surface area contributed by atoms with Gasteiger partial charge in [-0.2, -0.15) is 0 Å². The molecule has 32 heavy (non-hydrogen) atoms. The van der Waals surface area contributed by atoms with Crippen LogP contribution in [0, 0.1) is 0 Å². The summed E-state index contributed by atoms with van der Waals surface area (Å²) in [7, 11) is -2.26. The van der Waals surface area contributed by atoms with Crippen LogP contribution in [0.2, 0.25) is 0 Å². The van der Waals surface area contributed by atoms with Crippen LogP contribution in [0.1, 0.15) is 5.56 Å². The van der Waals surface area contributed by atoms with Crippen LogP contribution in [0.4, 0.5) is 5.69 Å². The summed E-state index contributed by atoms with van der Waals surface area (Å²) in [6, 6.07) is 15.3. The van der Waals surface area contributed by atoms with E-state index in [0.29, 0.717) is 16.4 Å². The molecule has 0 spiro atoms. The molecule has 0 aliphatic heterocycles. The molecule has 0 aliphatic carbocycles. The van der Waals surface area contributed by atoms with E-state index in [1.807, 2.05) is 34.9 Å². The third-order valence-corrected chi connectivity index (χ3v) is 8.62. The highest BCUT2D eigenvalue weighted by molar-refractivity contribution is 9.10. The summed E-state index contributed by atoms with van der Waals surface area (Å²) >= 11 is 8.09. The molecule has 0 bridgehead atoms. The second-order valence-electron chi connectivity index (χ2n) is 6.63. The zero-order valence-electron chi connectivity index (χ0n) is 16.7. The highest BCUT2D eigenvalue weighted by Crippen LogP contribution is 2.30. The number of aromatic nitrogens is 4. The van der Waals surface area contributed by atoms with E-state index in [1.54, 1.807) is 12.1 Å². The fourth-order valence-electron chi connectivity index (χ4n) is 3.10. The maximum atomic E-state index is 12.6. The van der Waals surface area contributed by atoms with Crippen molar-refractivity contribution >= 4 is 70.1 Å². The number of hydrogen-bond donors (Lipinski definition) is 1. The quantitative estimate of drug-likeness (QED) is 0.288. The molecule has 0 saturated carbocycles. The maximum absolute atomic E-state index is 12.6. The van der Waals surface area contributed by atoms with Crippen molar-refractivity contribution in [1.82, 2.24) is 19.7 Å². The number of nitrogens with zero attached hydrogens (tertiary/aromatic N) is 4. The SMILES string of the molecule is COc1ncccc1NS(=O)(=O)CSc1nnc(Br)n1Cc1ccc(Br)c2ccccc12. The summed E-state index contributed by atoms with van der Waals surface area (Å²) in [5.41, 5.74) is 1.34. The molecule has 0 saturated heterocycles. The van der Waals surface area contributed by atoms with Crippen molar-refractivity contribution < 1.29 is 13.2 Å². The Labute approximate surface area is 206 Å². The second-order valence-corrected chi connectivity index (χ2v) is 11.2. The molecule has 4 rings (SSSR count). The molecular weight excluding hydrogens is 582 g/mol. The zero-order chi connectivity index (χ0) is 22.7. The fraction of sp³-hybridized carbons (Fsp3) is 0.150. The molecule has 4 aromatic rings. The van der Waals surface area contributed by atoms with Gasteiger partial charge in [0, 0.05) is 10.7 Å². The second kappa shape index (κ2) is 9.77. The van der Waals surface area contributed by atoms with Crippen LogP contribution in [0.25, 0.3) is 10.8 Å². The maximum Gasteiger partial charge on any atom is 0.242 e. The van der Waals surface area contributed by atoms with Gasteiger partial charge in [0.1, 0.15) is 10.8 Å². The number of benzene rings is 2. The number of hydrogen-bond acceptors (Lipinski definition) is 7. The molecule has 2 aromatic carbocycles. The molecule has 0 unspecified atom stereocenters. The predicted octanol–water partition coefficient (Wildman–Crippen LogP) is 4.90. The van der Waals surface area contributed by atoms with E-state index < -0.39 is 10.0 Å². The molecule has 0 amide bonds. The van der Waals surface area contributed by atoms with Gasteiger partial charge >= 0.3 is 0 Å². The van der Waals surface area contributed by atoms with Crippen molar-refractivity contribution in [2.75, 3.05) is 16.9 Å². The number of halogens is 2. The number of nitrogens with one attached hydrogen (secondary N) is 1. The van der Waals surface area contributed by atoms with Crippen molar-refractivity contribution in [3.8, 4) is 5.88 Å². The van der Waals surface area contributed by atoms with Gasteiger partial charge in [-0.3, -0.25) is 9.29 Å². The van der Waals surface area contributed by atoms with Gasteiger partial charge in [0.15, 0.2) is 5.16 Å². The Kier molecular flexibility index (Phi) is 7.03. The first kappa shape index (κ1) is 23.0. The number of anilines is 1. The molecule has 0 atom stereocenters. The van der Waals surface area contributed by atoms with Crippen molar-refractivity contribution in [1.29, 1.82) is 0 Å². The van der Waals surface area contributed by atoms with Crippen LogP contribution in [-0.2, 0) is 16.6 Å². The smallest absolute Gasteiger partial charge is 0.242 e. The molecule has 166 valence electrons. The third kappa shape index (κ3) is 5.08. The van der Waals surface area contributed by atoms with Crippen molar-refractivity contribution in [2.45, 2.75) is 11.7 Å². The normalized spacial score (nSPS) is 11.6. The van der Waals surface area contributed by atoms with Gasteiger partial charge in [-0.25, -0.2) is 13.4 Å². The van der Waals surface area contributed by atoms with Gasteiger partial charge < -0.3 is 4.74 Å². The average Bonchev–Trinajstić information content (AvgIpc) is 3.14. The minimum absolute atomic E-state index is 0.203. The van der Waals surface area contributed by atoms with Crippen molar-refractivity contribution in [2.24, 2.45) is 0 Å². The van der Waals surface area contributed by atoms with Crippen LogP contribution in [0.3, 0.4) is 0 Å². The minimum Gasteiger partial charge on any atom is -0.480 e. The molecule has 1 N–H and O–H groups in total. The summed E-state index contributed by atoms with van der Waals surface area (Å²) in [6.45, 7) is 0.480. The van der Waals surface area contributed by atoms with Crippen molar-refractivity contribution in [3.63, 3.8) is 0 Å². The topological polar surface area (TPSA) is 99.0 Å². The highest BCUT2D eigenvalue weighted by Gasteiger charge is 2.19. The van der Waals surface area contributed by atoms with Gasteiger partial charge in [-0.15, -0.1) is 10.2 Å². The summed E-state index contributed by atoms with van der Waals surface area (Å²) < 4.78 is 36.3. The molecule has 2 aromatic heterocycles. The third-order valence-electron chi connectivity index (χ3n) is 4.53. The Hall–Kier alpha value is -2.15. The Bertz CT molecular complexity index is 1380. The lowest BCUT2D eigenvalue weighted by molar-refractivity contribution is 0.400. The Morgan fingerprint density at radius 2 is 1.84 bits per heavy atom. The van der Waals surface area contributed by atoms with Crippen molar-refractivity contribution in [3.05, 3.63) is 69.5 Å². The molecule has 0 fully saturated rings. The first-order chi connectivity index (χ1) is 15.4. The van der Waals surface area contributed by atoms with E-state index >= 15 is 0 Å². The van der Waals surface area contributed by atoms with Crippen LogP contribution >= 0.6 is 43.6 Å². The summed E-state index contributed by atoms with van der Waals surface area (Å²) in [4.78, 5) is 4.00. The van der Waals surface area contributed by atoms with Crippen LogP contribution in [0.15, 0.2) is 69.1 Å². The lowest BCUT2D eigenvalue weighted by Gasteiger charge is -2.12. The fourth-order valence-corrected chi connectivity index (χ4v) is 6.24. The minimum atomic E-state index is -3.70. The first-order valence-corrected chi connectivity index (χ1v) is 13.5. The summed E-state index contributed by atoms with van der Waals surface area (Å²) in [6.07, 6.45) is 1.53. The first-order valence-electron chi connectivity index (χ1n) is 9.25. The van der Waals surface area contributed by atoms with E-state index in [2.05, 4.69) is 57.8 Å². The Morgan fingerprint density at radius 1 is 1.06 bits per heavy atom. The molecule has 0 radical (unpaired) electrons. The molecular formula is C20H17Br2N5O3S2. The van der Waals surface area contributed by atoms with Crippen LogP contribution in [0.5, 0.6) is 5.88 Å². The van der Waals surface area contributed by atoms with Gasteiger partial charge in [0.2, 0.25) is 20.6 Å². The van der Waals surface area contributed by atoms with E-state index in [-0.39, 0.29) is 16.7 Å². The number of fused-ring (bicyclic) bond motifs is 1. The molecule has 8 nitrogen and oxygen atoms in total. The van der Waals surface area contributed by atoms with E-state index in [1.165, 1.54) is 13.3 Å². The van der Waals surface area contributed by atoms with Gasteiger partial charge in [-0.05, 0) is 50.5 Å². The summed E-state index contributed by atoms with van der Waals surface area (Å²) in [5.74, 6) is 0.203. The monoisotopic (exact) mass is 597 g/mol. The van der Waals surface area contributed by atoms with Gasteiger partial charge in [0.05, 0.1) is 13.7 Å². The number of rotatable bonds is 8. The number of ether oxygens (including phenoxy) is 1. The average molecular weight is 599 g/mol. The molecule has 2 heterocycles. The standard InChI is InChI=1S/C20H17Br2N5O3S2/c1-30-18-17(7-4-10-23-18)26-32(28,29)12-31-20-25-24-19(22)27(20)11-13-8-9-16(21)15-6-3-2-5-14(13)15/h2-10,26H,11-12H2,1H3. The number of pyridine rings is 1. The Balaban J connectivity index is 1.54. The number of thioether (sulfide) groups is 1. The lowest BCUT2D eigenvalue weighted by Crippen LogP contribution is -2.16. The van der Waals surface area contributed by atoms with Crippen LogP contribution in [-0.4, -0.2) is 40.4 Å². The Morgan fingerprint density at radius 3 is 2.62 bits per heavy atom. The zero-order valence-corrected chi connectivity index (χ0v) is 21.5. The lowest BCUT2D eigenvalue weighted by atomic mass is 10.0. The largest absolute Gasteiger partial charge is 0.480 e. The predicted molar refractivity (Wildman–Crippen MR) is 133 cm³/mol. The summed E-state index contributed by atoms with van der Waals surface area (Å²) in [5, 5.41) is 10.6. The van der Waals surface area contributed by atoms with Gasteiger partial charge in [-0.1, -0.05) is 58.0 Å². The van der Waals surface area contributed by atoms with Crippen LogP contribution < -0.4 is 9.46 Å². The van der Waals surface area contributed by atoms with E-state index in [0.717, 1.165) is 32.6 Å². The molecule has 0 aliphatic rings. The van der Waals surface area contributed by atoms with E-state index in [9.17, 15) is 8.42 Å². The number of sulfonamides is 1. The highest BCUT2D eigenvalue weighted by atomic mass is 79.9. The number of methoxy groups -OCH3 is 1. The molecule has 12 heteroatoms. The van der Waals surface area contributed by atoms with E-state index in [4.69, 9.17) is 4.74 Å².